The van der Waals surface area contributed by atoms with Gasteiger partial charge in [0.25, 0.3) is 0 Å². The number of anilines is 1. The van der Waals surface area contributed by atoms with Gasteiger partial charge in [0.1, 0.15) is 18.4 Å². The van der Waals surface area contributed by atoms with E-state index in [0.717, 1.165) is 28.8 Å². The molecule has 0 spiro atoms. The second-order valence-corrected chi connectivity index (χ2v) is 12.7. The van der Waals surface area contributed by atoms with E-state index in [-0.39, 0.29) is 28.7 Å². The molecule has 0 bridgehead atoms. The molecule has 12 heteroatoms. The number of carbonyl (C=O) groups is 2. The average molecular weight is 638 g/mol. The number of carbonyl (C=O) groups excluding carboxylic acids is 2. The molecule has 42 heavy (non-hydrogen) atoms. The van der Waals surface area contributed by atoms with Crippen molar-refractivity contribution in [1.29, 1.82) is 0 Å². The van der Waals surface area contributed by atoms with E-state index in [9.17, 15) is 22.4 Å². The maximum atomic E-state index is 14.9. The number of hydrogen-bond donors (Lipinski definition) is 1. The lowest BCUT2D eigenvalue weighted by molar-refractivity contribution is -0.140. The maximum absolute atomic E-state index is 14.9. The van der Waals surface area contributed by atoms with Gasteiger partial charge < -0.3 is 10.2 Å². The molecule has 3 rings (SSSR count). The fourth-order valence-electron chi connectivity index (χ4n) is 4.27. The lowest BCUT2D eigenvalue weighted by atomic mass is 10.0. The maximum Gasteiger partial charge on any atom is 0.304 e. The molecule has 1 atom stereocenters. The Hall–Kier alpha value is -3.18. The van der Waals surface area contributed by atoms with Gasteiger partial charge in [-0.15, -0.1) is 0 Å². The summed E-state index contributed by atoms with van der Waals surface area (Å²) < 4.78 is 43.3. The minimum Gasteiger partial charge on any atom is -0.354 e. The lowest BCUT2D eigenvalue weighted by Crippen LogP contribution is -2.54. The number of halogens is 3. The van der Waals surface area contributed by atoms with Gasteiger partial charge in [-0.3, -0.25) is 9.59 Å². The molecule has 1 N–H and O–H groups in total. The highest BCUT2D eigenvalue weighted by Crippen LogP contribution is 2.28. The molecule has 0 fully saturated rings. The first-order valence-electron chi connectivity index (χ1n) is 13.5. The van der Waals surface area contributed by atoms with Crippen molar-refractivity contribution in [3.05, 3.63) is 99.8 Å². The van der Waals surface area contributed by atoms with Crippen molar-refractivity contribution in [3.63, 3.8) is 0 Å². The van der Waals surface area contributed by atoms with E-state index in [1.807, 2.05) is 37.3 Å². The smallest absolute Gasteiger partial charge is 0.304 e. The molecule has 2 amide bonds. The monoisotopic (exact) mass is 636 g/mol. The fourth-order valence-corrected chi connectivity index (χ4v) is 5.85. The molecule has 8 nitrogen and oxygen atoms in total. The summed E-state index contributed by atoms with van der Waals surface area (Å²) in [4.78, 5) is 29.1. The Bertz CT molecular complexity index is 1450. The average Bonchev–Trinajstić information content (AvgIpc) is 2.95. The van der Waals surface area contributed by atoms with Crippen LogP contribution in [0.4, 0.5) is 10.1 Å². The molecular formula is C30H35Cl2FN4O4S. The summed E-state index contributed by atoms with van der Waals surface area (Å²) in [6.45, 7) is 1.41. The SMILES string of the molecule is CCCCNC(=O)C(Cc1ccccc1)N(Cc1c(Cl)cccc1Cl)C(=O)CN(c1ccccc1F)S(=O)(=O)N(C)C. The van der Waals surface area contributed by atoms with E-state index in [1.54, 1.807) is 18.2 Å². The number of nitrogens with one attached hydrogen (secondary N) is 1. The minimum absolute atomic E-state index is 0.132. The van der Waals surface area contributed by atoms with Crippen molar-refractivity contribution < 1.29 is 22.4 Å². The van der Waals surface area contributed by atoms with Crippen molar-refractivity contribution in [2.24, 2.45) is 0 Å². The van der Waals surface area contributed by atoms with Crippen LogP contribution in [0.2, 0.25) is 10.0 Å². The Morgan fingerprint density at radius 2 is 1.55 bits per heavy atom. The van der Waals surface area contributed by atoms with E-state index in [4.69, 9.17) is 23.2 Å². The highest BCUT2D eigenvalue weighted by atomic mass is 35.5. The van der Waals surface area contributed by atoms with Crippen molar-refractivity contribution in [3.8, 4) is 0 Å². The summed E-state index contributed by atoms with van der Waals surface area (Å²) in [5.74, 6) is -1.99. The van der Waals surface area contributed by atoms with Crippen molar-refractivity contribution in [1.82, 2.24) is 14.5 Å². The molecule has 0 radical (unpaired) electrons. The quantitative estimate of drug-likeness (QED) is 0.243. The molecule has 3 aromatic carbocycles. The zero-order valence-electron chi connectivity index (χ0n) is 23.8. The van der Waals surface area contributed by atoms with Crippen LogP contribution >= 0.6 is 23.2 Å². The zero-order valence-corrected chi connectivity index (χ0v) is 26.1. The van der Waals surface area contributed by atoms with E-state index >= 15 is 0 Å². The molecular weight excluding hydrogens is 602 g/mol. The minimum atomic E-state index is -4.33. The van der Waals surface area contributed by atoms with Crippen LogP contribution in [-0.4, -0.2) is 62.7 Å². The van der Waals surface area contributed by atoms with Crippen LogP contribution in [0.15, 0.2) is 72.8 Å². The van der Waals surface area contributed by atoms with Gasteiger partial charge in [0.05, 0.1) is 5.69 Å². The number of hydrogen-bond acceptors (Lipinski definition) is 4. The second kappa shape index (κ2) is 15.3. The molecule has 0 aromatic heterocycles. The summed E-state index contributed by atoms with van der Waals surface area (Å²) >= 11 is 13.0. The zero-order chi connectivity index (χ0) is 30.9. The Kier molecular flexibility index (Phi) is 12.2. The standard InChI is InChI=1S/C30H35Cl2FN4O4S/c1-4-5-18-34-30(39)28(19-22-12-7-6-8-13-22)36(20-23-24(31)14-11-15-25(23)32)29(38)21-37(42(40,41)35(2)3)27-17-10-9-16-26(27)33/h6-17,28H,4-5,18-21H2,1-3H3,(H,34,39). The number of amides is 2. The Morgan fingerprint density at radius 3 is 2.14 bits per heavy atom. The van der Waals surface area contributed by atoms with Crippen LogP contribution in [0.1, 0.15) is 30.9 Å². The Morgan fingerprint density at radius 1 is 0.929 bits per heavy atom. The van der Waals surface area contributed by atoms with Crippen LogP contribution in [0, 0.1) is 5.82 Å². The van der Waals surface area contributed by atoms with Gasteiger partial charge in [0, 0.05) is 49.2 Å². The van der Waals surface area contributed by atoms with Gasteiger partial charge in [-0.25, -0.2) is 8.70 Å². The number of nitrogens with zero attached hydrogens (tertiary/aromatic N) is 3. The number of rotatable bonds is 14. The normalized spacial score (nSPS) is 12.2. The van der Waals surface area contributed by atoms with Gasteiger partial charge in [-0.2, -0.15) is 12.7 Å². The van der Waals surface area contributed by atoms with Gasteiger partial charge in [0.15, 0.2) is 0 Å². The summed E-state index contributed by atoms with van der Waals surface area (Å²) in [5, 5.41) is 3.45. The summed E-state index contributed by atoms with van der Waals surface area (Å²) in [7, 11) is -1.76. The molecule has 0 saturated heterocycles. The molecule has 0 heterocycles. The van der Waals surface area contributed by atoms with E-state index in [0.29, 0.717) is 16.4 Å². The van der Waals surface area contributed by atoms with E-state index in [2.05, 4.69) is 5.32 Å². The topological polar surface area (TPSA) is 90.0 Å². The lowest BCUT2D eigenvalue weighted by Gasteiger charge is -2.34. The van der Waals surface area contributed by atoms with Gasteiger partial charge in [-0.1, -0.05) is 85.1 Å². The summed E-state index contributed by atoms with van der Waals surface area (Å²) in [5.41, 5.74) is 0.867. The van der Waals surface area contributed by atoms with Crippen molar-refractivity contribution in [2.75, 3.05) is 31.5 Å². The Labute approximate surface area is 257 Å². The van der Waals surface area contributed by atoms with Crippen LogP contribution in [0.3, 0.4) is 0 Å². The van der Waals surface area contributed by atoms with Gasteiger partial charge >= 0.3 is 10.2 Å². The van der Waals surface area contributed by atoms with Crippen molar-refractivity contribution in [2.45, 2.75) is 38.8 Å². The highest BCUT2D eigenvalue weighted by molar-refractivity contribution is 7.90. The first kappa shape index (κ1) is 33.3. The van der Waals surface area contributed by atoms with Crippen molar-refractivity contribution >= 4 is 50.9 Å². The fraction of sp³-hybridized carbons (Fsp3) is 0.333. The third-order valence-corrected chi connectivity index (χ3v) is 9.14. The van der Waals surface area contributed by atoms with E-state index < -0.39 is 40.4 Å². The molecule has 0 aliphatic rings. The first-order valence-corrected chi connectivity index (χ1v) is 15.6. The van der Waals surface area contributed by atoms with Crippen LogP contribution < -0.4 is 9.62 Å². The molecule has 3 aromatic rings. The van der Waals surface area contributed by atoms with Crippen LogP contribution in [-0.2, 0) is 32.8 Å². The van der Waals surface area contributed by atoms with E-state index in [1.165, 1.54) is 37.2 Å². The van der Waals surface area contributed by atoms with Gasteiger partial charge in [-0.05, 0) is 36.2 Å². The van der Waals surface area contributed by atoms with Crippen LogP contribution in [0.25, 0.3) is 0 Å². The third kappa shape index (κ3) is 8.44. The van der Waals surface area contributed by atoms with Gasteiger partial charge in [0.2, 0.25) is 11.8 Å². The summed E-state index contributed by atoms with van der Waals surface area (Å²) in [6.07, 6.45) is 1.71. The predicted molar refractivity (Wildman–Crippen MR) is 165 cm³/mol. The highest BCUT2D eigenvalue weighted by Gasteiger charge is 2.36. The van der Waals surface area contributed by atoms with Crippen LogP contribution in [0.5, 0.6) is 0 Å². The Balaban J connectivity index is 2.13. The first-order chi connectivity index (χ1) is 20.0. The second-order valence-electron chi connectivity index (χ2n) is 9.82. The molecule has 0 aliphatic heterocycles. The largest absolute Gasteiger partial charge is 0.354 e. The number of benzene rings is 3. The molecule has 226 valence electrons. The summed E-state index contributed by atoms with van der Waals surface area (Å²) in [6, 6.07) is 18.2. The molecule has 0 saturated carbocycles. The predicted octanol–water partition coefficient (Wildman–Crippen LogP) is 5.30. The number of unbranched alkanes of at least 4 members (excludes halogenated alkanes) is 1. The molecule has 1 unspecified atom stereocenters. The third-order valence-electron chi connectivity index (χ3n) is 6.63. The molecule has 0 aliphatic carbocycles. The number of para-hydroxylation sites is 1.